The largest absolute Gasteiger partial charge is 0.368 e. The summed E-state index contributed by atoms with van der Waals surface area (Å²) in [6, 6.07) is -0.0427. The highest BCUT2D eigenvalue weighted by molar-refractivity contribution is 8.01. The molecular formula is C16H28N2O3S2. The second-order valence-electron chi connectivity index (χ2n) is 6.33. The zero-order chi connectivity index (χ0) is 16.7. The van der Waals surface area contributed by atoms with Crippen LogP contribution in [0.5, 0.6) is 0 Å². The Kier molecular flexibility index (Phi) is 8.06. The van der Waals surface area contributed by atoms with E-state index in [4.69, 9.17) is 4.74 Å². The van der Waals surface area contributed by atoms with E-state index in [0.717, 1.165) is 32.3 Å². The van der Waals surface area contributed by atoms with Crippen molar-refractivity contribution in [2.24, 2.45) is 0 Å². The molecule has 5 nitrogen and oxygen atoms in total. The Morgan fingerprint density at radius 2 is 2.13 bits per heavy atom. The van der Waals surface area contributed by atoms with Crippen molar-refractivity contribution in [1.29, 1.82) is 0 Å². The number of amides is 2. The lowest BCUT2D eigenvalue weighted by molar-refractivity contribution is -0.122. The van der Waals surface area contributed by atoms with Gasteiger partial charge in [0, 0.05) is 24.4 Å². The summed E-state index contributed by atoms with van der Waals surface area (Å²) >= 11 is 3.31. The van der Waals surface area contributed by atoms with Crippen LogP contribution >= 0.6 is 23.5 Å². The van der Waals surface area contributed by atoms with E-state index in [2.05, 4.69) is 17.6 Å². The summed E-state index contributed by atoms with van der Waals surface area (Å²) < 4.78 is 5.60. The first kappa shape index (κ1) is 18.9. The van der Waals surface area contributed by atoms with E-state index < -0.39 is 0 Å². The Morgan fingerprint density at radius 1 is 1.30 bits per heavy atom. The standard InChI is InChI=1S/C16H28N2O3S2/c1-11(18-16(20)13-7-6-12(2)23-13)9-17-14(19)10-22-15-5-3-4-8-21-15/h11-13,15H,3-10H2,1-2H3,(H,17,19)(H,18,20)/t11-,12?,13?,15?/m1/s1. The van der Waals surface area contributed by atoms with Crippen LogP contribution < -0.4 is 10.6 Å². The molecule has 2 aliphatic rings. The Morgan fingerprint density at radius 3 is 2.78 bits per heavy atom. The fraction of sp³-hybridized carbons (Fsp3) is 0.875. The molecule has 0 saturated carbocycles. The van der Waals surface area contributed by atoms with Crippen LogP contribution in [0.15, 0.2) is 0 Å². The van der Waals surface area contributed by atoms with Gasteiger partial charge in [0.15, 0.2) is 0 Å². The predicted octanol–water partition coefficient (Wildman–Crippen LogP) is 2.15. The van der Waals surface area contributed by atoms with Gasteiger partial charge in [0.25, 0.3) is 0 Å². The molecule has 0 bridgehead atoms. The zero-order valence-corrected chi connectivity index (χ0v) is 15.6. The van der Waals surface area contributed by atoms with Crippen LogP contribution in [0.1, 0.15) is 46.0 Å². The third kappa shape index (κ3) is 6.93. The van der Waals surface area contributed by atoms with Gasteiger partial charge in [0.05, 0.1) is 11.0 Å². The Labute approximate surface area is 147 Å². The van der Waals surface area contributed by atoms with Crippen molar-refractivity contribution in [3.05, 3.63) is 0 Å². The molecule has 2 aliphatic heterocycles. The maximum Gasteiger partial charge on any atom is 0.233 e. The molecule has 2 rings (SSSR count). The first-order valence-electron chi connectivity index (χ1n) is 8.50. The van der Waals surface area contributed by atoms with Gasteiger partial charge in [-0.25, -0.2) is 0 Å². The number of thioether (sulfide) groups is 2. The van der Waals surface area contributed by atoms with Gasteiger partial charge in [-0.15, -0.1) is 23.5 Å². The van der Waals surface area contributed by atoms with E-state index in [1.807, 2.05) is 6.92 Å². The van der Waals surface area contributed by atoms with Crippen LogP contribution in [0.2, 0.25) is 0 Å². The number of carbonyl (C=O) groups is 2. The summed E-state index contributed by atoms with van der Waals surface area (Å²) in [6.45, 7) is 5.37. The van der Waals surface area contributed by atoms with Crippen LogP contribution in [0.4, 0.5) is 0 Å². The van der Waals surface area contributed by atoms with E-state index in [0.29, 0.717) is 17.5 Å². The summed E-state index contributed by atoms with van der Waals surface area (Å²) in [5, 5.41) is 6.53. The molecule has 0 aromatic carbocycles. The lowest BCUT2D eigenvalue weighted by Gasteiger charge is -2.22. The number of nitrogens with one attached hydrogen (secondary N) is 2. The molecule has 2 amide bonds. The SMILES string of the molecule is CC1CCC(C(=O)N[C@H](C)CNC(=O)CSC2CCCCO2)S1. The molecule has 2 saturated heterocycles. The summed E-state index contributed by atoms with van der Waals surface area (Å²) in [6.07, 6.45) is 5.39. The fourth-order valence-corrected chi connectivity index (χ4v) is 4.97. The molecule has 2 fully saturated rings. The van der Waals surface area contributed by atoms with E-state index in [1.54, 1.807) is 23.5 Å². The molecule has 2 heterocycles. The minimum atomic E-state index is -0.0427. The van der Waals surface area contributed by atoms with E-state index in [9.17, 15) is 9.59 Å². The van der Waals surface area contributed by atoms with Crippen LogP contribution in [-0.2, 0) is 14.3 Å². The quantitative estimate of drug-likeness (QED) is 0.728. The first-order valence-corrected chi connectivity index (χ1v) is 10.5. The second-order valence-corrected chi connectivity index (χ2v) is 9.13. The van der Waals surface area contributed by atoms with Crippen molar-refractivity contribution in [1.82, 2.24) is 10.6 Å². The molecule has 132 valence electrons. The van der Waals surface area contributed by atoms with Crippen LogP contribution in [0, 0.1) is 0 Å². The molecule has 23 heavy (non-hydrogen) atoms. The fourth-order valence-electron chi connectivity index (χ4n) is 2.71. The molecule has 0 aromatic rings. The summed E-state index contributed by atoms with van der Waals surface area (Å²) in [5.74, 6) is 0.529. The summed E-state index contributed by atoms with van der Waals surface area (Å²) in [7, 11) is 0. The van der Waals surface area contributed by atoms with Crippen molar-refractivity contribution < 1.29 is 14.3 Å². The van der Waals surface area contributed by atoms with Gasteiger partial charge in [-0.05, 0) is 39.0 Å². The molecule has 3 unspecified atom stereocenters. The lowest BCUT2D eigenvalue weighted by atomic mass is 10.2. The van der Waals surface area contributed by atoms with Gasteiger partial charge in [-0.3, -0.25) is 9.59 Å². The van der Waals surface area contributed by atoms with Gasteiger partial charge in [0.2, 0.25) is 11.8 Å². The Hall–Kier alpha value is -0.400. The zero-order valence-electron chi connectivity index (χ0n) is 14.0. The van der Waals surface area contributed by atoms with Crippen molar-refractivity contribution in [3.63, 3.8) is 0 Å². The normalized spacial score (nSPS) is 29.0. The number of ether oxygens (including phenoxy) is 1. The first-order chi connectivity index (χ1) is 11.0. The summed E-state index contributed by atoms with van der Waals surface area (Å²) in [5.41, 5.74) is 0.160. The molecule has 2 N–H and O–H groups in total. The van der Waals surface area contributed by atoms with E-state index in [1.165, 1.54) is 6.42 Å². The van der Waals surface area contributed by atoms with Crippen LogP contribution in [0.25, 0.3) is 0 Å². The molecule has 0 radical (unpaired) electrons. The maximum absolute atomic E-state index is 12.1. The van der Waals surface area contributed by atoms with Crippen LogP contribution in [0.3, 0.4) is 0 Å². The van der Waals surface area contributed by atoms with Crippen molar-refractivity contribution in [2.75, 3.05) is 18.9 Å². The summed E-state index contributed by atoms with van der Waals surface area (Å²) in [4.78, 5) is 24.0. The van der Waals surface area contributed by atoms with Gasteiger partial charge in [-0.2, -0.15) is 0 Å². The van der Waals surface area contributed by atoms with E-state index in [-0.39, 0.29) is 28.5 Å². The molecule has 7 heteroatoms. The highest BCUT2D eigenvalue weighted by Crippen LogP contribution is 2.33. The van der Waals surface area contributed by atoms with Crippen LogP contribution in [-0.4, -0.2) is 52.7 Å². The average Bonchev–Trinajstić information content (AvgIpc) is 2.98. The van der Waals surface area contributed by atoms with Crippen molar-refractivity contribution >= 4 is 35.3 Å². The Bertz CT molecular complexity index is 403. The second kappa shape index (κ2) is 9.79. The number of hydrogen-bond acceptors (Lipinski definition) is 5. The number of hydrogen-bond donors (Lipinski definition) is 2. The molecular weight excluding hydrogens is 332 g/mol. The van der Waals surface area contributed by atoms with Gasteiger partial charge >= 0.3 is 0 Å². The van der Waals surface area contributed by atoms with E-state index >= 15 is 0 Å². The monoisotopic (exact) mass is 360 g/mol. The highest BCUT2D eigenvalue weighted by Gasteiger charge is 2.28. The topological polar surface area (TPSA) is 67.4 Å². The molecule has 4 atom stereocenters. The maximum atomic E-state index is 12.1. The third-order valence-corrected chi connectivity index (χ3v) is 6.71. The molecule has 0 aliphatic carbocycles. The third-order valence-electron chi connectivity index (χ3n) is 4.06. The minimum Gasteiger partial charge on any atom is -0.368 e. The van der Waals surface area contributed by atoms with Gasteiger partial charge in [-0.1, -0.05) is 6.92 Å². The average molecular weight is 361 g/mol. The highest BCUT2D eigenvalue weighted by atomic mass is 32.2. The van der Waals surface area contributed by atoms with Crippen molar-refractivity contribution in [3.8, 4) is 0 Å². The van der Waals surface area contributed by atoms with Crippen molar-refractivity contribution in [2.45, 2.75) is 67.9 Å². The van der Waals surface area contributed by atoms with Gasteiger partial charge in [0.1, 0.15) is 5.44 Å². The molecule has 0 spiro atoms. The predicted molar refractivity (Wildman–Crippen MR) is 96.7 cm³/mol. The lowest BCUT2D eigenvalue weighted by Crippen LogP contribution is -2.45. The Balaban J connectivity index is 1.56. The smallest absolute Gasteiger partial charge is 0.233 e. The molecule has 0 aromatic heterocycles. The number of rotatable bonds is 7. The van der Waals surface area contributed by atoms with Gasteiger partial charge < -0.3 is 15.4 Å². The number of carbonyl (C=O) groups excluding carboxylic acids is 2. The minimum absolute atomic E-state index is 0.00846.